The molecule has 3 N–H and O–H groups in total. The van der Waals surface area contributed by atoms with Gasteiger partial charge in [0.1, 0.15) is 10.9 Å². The zero-order chi connectivity index (χ0) is 11.3. The molecule has 1 aliphatic rings. The van der Waals surface area contributed by atoms with E-state index in [1.165, 1.54) is 0 Å². The summed E-state index contributed by atoms with van der Waals surface area (Å²) in [5.41, 5.74) is 9.19. The van der Waals surface area contributed by atoms with E-state index in [9.17, 15) is 0 Å². The first-order valence-corrected chi connectivity index (χ1v) is 6.13. The van der Waals surface area contributed by atoms with Crippen molar-refractivity contribution in [2.45, 2.75) is 18.8 Å². The fraction of sp³-hybridized carbons (Fsp3) is 0.571. The summed E-state index contributed by atoms with van der Waals surface area (Å²) in [4.78, 5) is 4.16. The Balaban J connectivity index is 2.66. The zero-order valence-corrected chi connectivity index (χ0v) is 10.4. The van der Waals surface area contributed by atoms with Gasteiger partial charge >= 0.3 is 0 Å². The van der Waals surface area contributed by atoms with E-state index in [4.69, 9.17) is 28.7 Å². The van der Waals surface area contributed by atoms with Gasteiger partial charge in [-0.3, -0.25) is 5.43 Å². The van der Waals surface area contributed by atoms with Crippen LogP contribution in [-0.4, -0.2) is 16.4 Å². The molecule has 15 heavy (non-hydrogen) atoms. The Morgan fingerprint density at radius 2 is 2.40 bits per heavy atom. The largest absolute Gasteiger partial charge is 0.344 e. The summed E-state index contributed by atoms with van der Waals surface area (Å²) in [6, 6.07) is 0. The van der Waals surface area contributed by atoms with Gasteiger partial charge in [-0.1, -0.05) is 35.3 Å². The van der Waals surface area contributed by atoms with E-state index in [0.29, 0.717) is 10.9 Å². The maximum atomic E-state index is 6.65. The Hall–Kier alpha value is -0.460. The minimum atomic E-state index is -0.166. The molecule has 0 fully saturated rings. The topological polar surface area (TPSA) is 72.6 Å². The van der Waals surface area contributed by atoms with Crippen molar-refractivity contribution >= 4 is 40.1 Å². The second-order valence-electron chi connectivity index (χ2n) is 2.70. The van der Waals surface area contributed by atoms with Gasteiger partial charge in [-0.2, -0.15) is 5.53 Å². The molecular weight excluding hydrogens is 257 g/mol. The van der Waals surface area contributed by atoms with Crippen molar-refractivity contribution in [3.8, 4) is 0 Å². The van der Waals surface area contributed by atoms with E-state index in [-0.39, 0.29) is 10.7 Å². The molecule has 84 valence electrons. The van der Waals surface area contributed by atoms with Crippen LogP contribution in [0.5, 0.6) is 0 Å². The summed E-state index contributed by atoms with van der Waals surface area (Å²) in [6.07, 6.45) is 1.06. The highest BCUT2D eigenvalue weighted by Gasteiger charge is 2.20. The van der Waals surface area contributed by atoms with Crippen LogP contribution >= 0.6 is 35.0 Å². The third kappa shape index (κ3) is 3.55. The molecule has 0 saturated carbocycles. The zero-order valence-electron chi connectivity index (χ0n) is 8.05. The summed E-state index contributed by atoms with van der Waals surface area (Å²) < 4.78 is 0. The Kier molecular flexibility index (Phi) is 5.21. The minimum Gasteiger partial charge on any atom is -0.344 e. The Bertz CT molecular complexity index is 304. The van der Waals surface area contributed by atoms with Crippen molar-refractivity contribution in [3.05, 3.63) is 10.9 Å². The van der Waals surface area contributed by atoms with Crippen LogP contribution in [-0.2, 0) is 0 Å². The lowest BCUT2D eigenvalue weighted by atomic mass is 10.5. The van der Waals surface area contributed by atoms with E-state index >= 15 is 0 Å². The molecule has 1 heterocycles. The van der Waals surface area contributed by atoms with E-state index in [2.05, 4.69) is 27.9 Å². The van der Waals surface area contributed by atoms with E-state index in [0.717, 1.165) is 12.2 Å². The fourth-order valence-electron chi connectivity index (χ4n) is 0.930. The maximum Gasteiger partial charge on any atom is 0.169 e. The maximum absolute atomic E-state index is 6.65. The Morgan fingerprint density at radius 3 is 2.93 bits per heavy atom. The van der Waals surface area contributed by atoms with Gasteiger partial charge in [0, 0.05) is 0 Å². The van der Waals surface area contributed by atoms with Crippen molar-refractivity contribution in [2.75, 3.05) is 5.75 Å². The van der Waals surface area contributed by atoms with Crippen LogP contribution in [0.25, 0.3) is 0 Å². The molecule has 1 atom stereocenters. The van der Waals surface area contributed by atoms with Crippen molar-refractivity contribution in [1.82, 2.24) is 10.7 Å². The van der Waals surface area contributed by atoms with Crippen LogP contribution in [0.15, 0.2) is 21.1 Å². The molecule has 5 nitrogen and oxygen atoms in total. The number of allylic oxidation sites excluding steroid dienone is 1. The van der Waals surface area contributed by atoms with Gasteiger partial charge < -0.3 is 5.32 Å². The number of hydrogen-bond acceptors (Lipinski definition) is 5. The molecule has 0 aromatic carbocycles. The van der Waals surface area contributed by atoms with Crippen molar-refractivity contribution in [3.63, 3.8) is 0 Å². The molecule has 0 radical (unpaired) electrons. The van der Waals surface area contributed by atoms with Crippen LogP contribution < -0.4 is 10.7 Å². The average molecular weight is 268 g/mol. The van der Waals surface area contributed by atoms with Crippen molar-refractivity contribution in [2.24, 2.45) is 10.2 Å². The van der Waals surface area contributed by atoms with Crippen LogP contribution in [0, 0.1) is 5.53 Å². The summed E-state index contributed by atoms with van der Waals surface area (Å²) in [6.45, 7) is 2.09. The lowest BCUT2D eigenvalue weighted by Crippen LogP contribution is -2.32. The summed E-state index contributed by atoms with van der Waals surface area (Å²) in [5, 5.41) is 6.51. The number of nitrogens with one attached hydrogen (secondary N) is 3. The molecule has 0 amide bonds. The van der Waals surface area contributed by atoms with Gasteiger partial charge in [0.15, 0.2) is 10.7 Å². The highest BCUT2D eigenvalue weighted by atomic mass is 35.5. The monoisotopic (exact) mass is 267 g/mol. The normalized spacial score (nSPS) is 20.7. The number of hydrogen-bond donors (Lipinski definition) is 3. The first kappa shape index (κ1) is 12.6. The molecular formula is C7H11Cl2N5S. The minimum absolute atomic E-state index is 0.166. The van der Waals surface area contributed by atoms with Crippen LogP contribution in [0.2, 0.25) is 0 Å². The second-order valence-corrected chi connectivity index (χ2v) is 4.62. The predicted octanol–water partition coefficient (Wildman–Crippen LogP) is 2.60. The molecule has 0 aromatic heterocycles. The smallest absolute Gasteiger partial charge is 0.169 e. The van der Waals surface area contributed by atoms with E-state index in [1.54, 1.807) is 11.8 Å². The van der Waals surface area contributed by atoms with Gasteiger partial charge in [0.05, 0.1) is 0 Å². The molecule has 0 spiro atoms. The fourth-order valence-corrected chi connectivity index (χ4v) is 2.41. The summed E-state index contributed by atoms with van der Waals surface area (Å²) >= 11 is 13.4. The van der Waals surface area contributed by atoms with Crippen molar-refractivity contribution in [1.29, 1.82) is 5.53 Å². The van der Waals surface area contributed by atoms with Gasteiger partial charge in [0.2, 0.25) is 0 Å². The molecule has 8 heteroatoms. The molecule has 1 aliphatic heterocycles. The lowest BCUT2D eigenvalue weighted by Gasteiger charge is -2.21. The van der Waals surface area contributed by atoms with Crippen molar-refractivity contribution < 1.29 is 0 Å². The first-order valence-electron chi connectivity index (χ1n) is 4.33. The number of aliphatic imine (C=N–C) groups is 1. The number of thioether (sulfide) groups is 1. The number of halogens is 2. The van der Waals surface area contributed by atoms with Crippen LogP contribution in [0.4, 0.5) is 0 Å². The van der Waals surface area contributed by atoms with Gasteiger partial charge in [-0.05, 0) is 12.2 Å². The van der Waals surface area contributed by atoms with Crippen LogP contribution in [0.1, 0.15) is 13.3 Å². The molecule has 0 aromatic rings. The average Bonchev–Trinajstić information content (AvgIpc) is 2.20. The van der Waals surface area contributed by atoms with Gasteiger partial charge in [-0.15, -0.1) is 11.8 Å². The SMILES string of the molecule is CCCSC1N=C(Cl)C(NN=N)=C(Cl)N1. The third-order valence-electron chi connectivity index (χ3n) is 1.55. The molecule has 0 bridgehead atoms. The van der Waals surface area contributed by atoms with Gasteiger partial charge in [0.25, 0.3) is 0 Å². The third-order valence-corrected chi connectivity index (χ3v) is 3.32. The predicted molar refractivity (Wildman–Crippen MR) is 64.1 cm³/mol. The summed E-state index contributed by atoms with van der Waals surface area (Å²) in [5.74, 6) is 0.973. The highest BCUT2D eigenvalue weighted by Crippen LogP contribution is 2.22. The standard InChI is InChI=1S/C7H11Cl2N5S/c1-2-3-15-7-11-5(8)4(13-14-10)6(9)12-7/h7,11H,2-3H2,1H3,(H2,10,13). The lowest BCUT2D eigenvalue weighted by molar-refractivity contribution is 0.738. The number of nitrogens with zero attached hydrogens (tertiary/aromatic N) is 2. The molecule has 1 unspecified atom stereocenters. The summed E-state index contributed by atoms with van der Waals surface area (Å²) in [7, 11) is 0. The highest BCUT2D eigenvalue weighted by molar-refractivity contribution is 7.99. The number of rotatable bonds is 5. The van der Waals surface area contributed by atoms with Crippen LogP contribution in [0.3, 0.4) is 0 Å². The molecule has 0 saturated heterocycles. The Labute approximate surface area is 102 Å². The van der Waals surface area contributed by atoms with E-state index < -0.39 is 0 Å². The Morgan fingerprint density at radius 1 is 1.67 bits per heavy atom. The molecule has 0 aliphatic carbocycles. The second kappa shape index (κ2) is 6.19. The van der Waals surface area contributed by atoms with Gasteiger partial charge in [-0.25, -0.2) is 4.99 Å². The van der Waals surface area contributed by atoms with E-state index in [1.807, 2.05) is 0 Å². The first-order chi connectivity index (χ1) is 7.19. The molecule has 1 rings (SSSR count). The quantitative estimate of drug-likeness (QED) is 0.407.